The summed E-state index contributed by atoms with van der Waals surface area (Å²) in [4.78, 5) is 21.1. The van der Waals surface area contributed by atoms with Gasteiger partial charge in [0.2, 0.25) is 0 Å². The van der Waals surface area contributed by atoms with E-state index >= 15 is 0 Å². The van der Waals surface area contributed by atoms with Gasteiger partial charge >= 0.3 is 0 Å². The highest BCUT2D eigenvalue weighted by molar-refractivity contribution is 5.98. The van der Waals surface area contributed by atoms with Gasteiger partial charge in [-0.25, -0.2) is 4.98 Å². The summed E-state index contributed by atoms with van der Waals surface area (Å²) in [6, 6.07) is 3.65. The van der Waals surface area contributed by atoms with E-state index in [0.717, 1.165) is 51.8 Å². The van der Waals surface area contributed by atoms with Gasteiger partial charge in [0.25, 0.3) is 5.91 Å². The van der Waals surface area contributed by atoms with E-state index in [9.17, 15) is 4.79 Å². The lowest BCUT2D eigenvalue weighted by Gasteiger charge is -2.36. The Morgan fingerprint density at radius 3 is 2.91 bits per heavy atom. The van der Waals surface area contributed by atoms with E-state index in [0.29, 0.717) is 11.5 Å². The summed E-state index contributed by atoms with van der Waals surface area (Å²) in [6.45, 7) is 6.79. The fourth-order valence-electron chi connectivity index (χ4n) is 3.20. The van der Waals surface area contributed by atoms with Gasteiger partial charge in [0.05, 0.1) is 12.2 Å². The molecule has 0 saturated carbocycles. The number of ether oxygens (including phenoxy) is 1. The number of pyridine rings is 1. The molecule has 120 valence electrons. The number of anilines is 1. The smallest absolute Gasteiger partial charge is 0.254 e. The molecule has 2 aliphatic heterocycles. The van der Waals surface area contributed by atoms with Crippen LogP contribution in [0.1, 0.15) is 16.8 Å². The molecule has 1 amide bonds. The van der Waals surface area contributed by atoms with Crippen molar-refractivity contribution in [2.45, 2.75) is 6.42 Å². The van der Waals surface area contributed by atoms with Crippen molar-refractivity contribution in [2.24, 2.45) is 5.92 Å². The number of aromatic nitrogens is 1. The van der Waals surface area contributed by atoms with Crippen molar-refractivity contribution < 1.29 is 9.53 Å². The van der Waals surface area contributed by atoms with Crippen molar-refractivity contribution in [3.63, 3.8) is 0 Å². The van der Waals surface area contributed by atoms with E-state index in [-0.39, 0.29) is 5.91 Å². The highest BCUT2D eigenvalue weighted by Crippen LogP contribution is 2.20. The van der Waals surface area contributed by atoms with E-state index in [4.69, 9.17) is 4.74 Å². The van der Waals surface area contributed by atoms with Crippen molar-refractivity contribution in [3.05, 3.63) is 23.9 Å². The fraction of sp³-hybridized carbons (Fsp3) is 0.625. The van der Waals surface area contributed by atoms with E-state index in [1.165, 1.54) is 6.42 Å². The second-order valence-electron chi connectivity index (χ2n) is 5.97. The van der Waals surface area contributed by atoms with Crippen LogP contribution in [0, 0.1) is 5.92 Å². The predicted octanol–water partition coefficient (Wildman–Crippen LogP) is 0.600. The molecule has 22 heavy (non-hydrogen) atoms. The van der Waals surface area contributed by atoms with Gasteiger partial charge in [-0.3, -0.25) is 9.69 Å². The molecule has 1 aromatic rings. The van der Waals surface area contributed by atoms with E-state index < -0.39 is 0 Å². The van der Waals surface area contributed by atoms with Gasteiger partial charge in [-0.15, -0.1) is 0 Å². The average Bonchev–Trinajstić information content (AvgIpc) is 3.08. The largest absolute Gasteiger partial charge is 0.381 e. The number of rotatable bonds is 4. The van der Waals surface area contributed by atoms with E-state index in [1.54, 1.807) is 13.2 Å². The van der Waals surface area contributed by atoms with Gasteiger partial charge in [-0.2, -0.15) is 0 Å². The van der Waals surface area contributed by atoms with Crippen LogP contribution < -0.4 is 10.2 Å². The molecule has 1 N–H and O–H groups in total. The molecule has 6 nitrogen and oxygen atoms in total. The number of nitrogens with one attached hydrogen (secondary N) is 1. The minimum atomic E-state index is -0.0753. The van der Waals surface area contributed by atoms with Crippen molar-refractivity contribution in [3.8, 4) is 0 Å². The highest BCUT2D eigenvalue weighted by atomic mass is 16.5. The molecule has 6 heteroatoms. The molecule has 1 atom stereocenters. The van der Waals surface area contributed by atoms with Crippen LogP contribution in [0.25, 0.3) is 0 Å². The Hall–Kier alpha value is -1.66. The minimum absolute atomic E-state index is 0.0753. The summed E-state index contributed by atoms with van der Waals surface area (Å²) in [5.41, 5.74) is 0.655. The zero-order valence-corrected chi connectivity index (χ0v) is 13.1. The van der Waals surface area contributed by atoms with Crippen LogP contribution in [0.5, 0.6) is 0 Å². The molecule has 0 spiro atoms. The SMILES string of the molecule is CNC(=O)c1cccnc1N1CCN(CC2CCOC2)CC1. The Morgan fingerprint density at radius 2 is 2.23 bits per heavy atom. The number of hydrogen-bond donors (Lipinski definition) is 1. The third-order valence-electron chi connectivity index (χ3n) is 4.47. The van der Waals surface area contributed by atoms with E-state index in [1.807, 2.05) is 12.1 Å². The summed E-state index contributed by atoms with van der Waals surface area (Å²) >= 11 is 0. The highest BCUT2D eigenvalue weighted by Gasteiger charge is 2.25. The monoisotopic (exact) mass is 304 g/mol. The first-order valence-corrected chi connectivity index (χ1v) is 8.00. The fourth-order valence-corrected chi connectivity index (χ4v) is 3.20. The number of carbonyl (C=O) groups is 1. The van der Waals surface area contributed by atoms with Gasteiger partial charge in [-0.1, -0.05) is 0 Å². The quantitative estimate of drug-likeness (QED) is 0.883. The molecular weight excluding hydrogens is 280 g/mol. The standard InChI is InChI=1S/C16H24N4O2/c1-17-16(21)14-3-2-5-18-15(14)20-8-6-19(7-9-20)11-13-4-10-22-12-13/h2-3,5,13H,4,6-12H2,1H3,(H,17,21). The van der Waals surface area contributed by atoms with Gasteiger partial charge in [0, 0.05) is 52.6 Å². The number of piperazine rings is 1. The van der Waals surface area contributed by atoms with Crippen LogP contribution in [-0.2, 0) is 4.74 Å². The number of nitrogens with zero attached hydrogens (tertiary/aromatic N) is 3. The Morgan fingerprint density at radius 1 is 1.41 bits per heavy atom. The van der Waals surface area contributed by atoms with Crippen LogP contribution >= 0.6 is 0 Å². The summed E-state index contributed by atoms with van der Waals surface area (Å²) < 4.78 is 5.45. The van der Waals surface area contributed by atoms with Crippen molar-refractivity contribution in [2.75, 3.05) is 57.9 Å². The second kappa shape index (κ2) is 7.07. The first-order valence-electron chi connectivity index (χ1n) is 8.00. The second-order valence-corrected chi connectivity index (χ2v) is 5.97. The molecule has 0 aromatic carbocycles. The molecule has 2 saturated heterocycles. The molecule has 2 fully saturated rings. The maximum atomic E-state index is 12.0. The number of hydrogen-bond acceptors (Lipinski definition) is 5. The Labute approximate surface area is 131 Å². The van der Waals surface area contributed by atoms with Gasteiger partial charge in [-0.05, 0) is 24.5 Å². The van der Waals surface area contributed by atoms with Gasteiger partial charge in [0.1, 0.15) is 5.82 Å². The first kappa shape index (κ1) is 15.2. The van der Waals surface area contributed by atoms with Crippen molar-refractivity contribution in [1.29, 1.82) is 0 Å². The Kier molecular flexibility index (Phi) is 4.90. The Balaban J connectivity index is 1.60. The van der Waals surface area contributed by atoms with Crippen LogP contribution in [-0.4, -0.2) is 68.8 Å². The molecule has 0 aliphatic carbocycles. The molecule has 1 aromatic heterocycles. The van der Waals surface area contributed by atoms with Crippen LogP contribution in [0.15, 0.2) is 18.3 Å². The maximum absolute atomic E-state index is 12.0. The summed E-state index contributed by atoms with van der Waals surface area (Å²) in [5, 5.41) is 2.69. The first-order chi connectivity index (χ1) is 10.8. The lowest BCUT2D eigenvalue weighted by Crippen LogP contribution is -2.48. The summed E-state index contributed by atoms with van der Waals surface area (Å²) in [5.74, 6) is 1.40. The molecule has 1 unspecified atom stereocenters. The zero-order chi connectivity index (χ0) is 15.4. The molecule has 2 aliphatic rings. The lowest BCUT2D eigenvalue weighted by molar-refractivity contribution is 0.0963. The average molecular weight is 304 g/mol. The van der Waals surface area contributed by atoms with Crippen LogP contribution in [0.4, 0.5) is 5.82 Å². The predicted molar refractivity (Wildman–Crippen MR) is 85.2 cm³/mol. The maximum Gasteiger partial charge on any atom is 0.254 e. The number of carbonyl (C=O) groups excluding carboxylic acids is 1. The van der Waals surface area contributed by atoms with E-state index in [2.05, 4.69) is 20.1 Å². The zero-order valence-electron chi connectivity index (χ0n) is 13.1. The molecule has 3 heterocycles. The molecule has 3 rings (SSSR count). The molecule has 0 bridgehead atoms. The van der Waals surface area contributed by atoms with Gasteiger partial charge in [0.15, 0.2) is 0 Å². The van der Waals surface area contributed by atoms with Crippen LogP contribution in [0.2, 0.25) is 0 Å². The topological polar surface area (TPSA) is 57.7 Å². The summed E-state index contributed by atoms with van der Waals surface area (Å²) in [6.07, 6.45) is 2.94. The molecule has 0 radical (unpaired) electrons. The minimum Gasteiger partial charge on any atom is -0.381 e. The normalized spacial score (nSPS) is 22.8. The third kappa shape index (κ3) is 3.39. The van der Waals surface area contributed by atoms with Crippen LogP contribution in [0.3, 0.4) is 0 Å². The molecular formula is C16H24N4O2. The summed E-state index contributed by atoms with van der Waals surface area (Å²) in [7, 11) is 1.65. The van der Waals surface area contributed by atoms with Crippen molar-refractivity contribution in [1.82, 2.24) is 15.2 Å². The third-order valence-corrected chi connectivity index (χ3v) is 4.47. The van der Waals surface area contributed by atoms with Crippen molar-refractivity contribution >= 4 is 11.7 Å². The Bertz CT molecular complexity index is 509. The lowest BCUT2D eigenvalue weighted by atomic mass is 10.1. The van der Waals surface area contributed by atoms with Gasteiger partial charge < -0.3 is 15.0 Å². The number of amides is 1.